The lowest BCUT2D eigenvalue weighted by Gasteiger charge is -2.29. The fourth-order valence-corrected chi connectivity index (χ4v) is 8.57. The number of rotatable bonds is 10. The molecular formula is C48H49N5O8S. The van der Waals surface area contributed by atoms with Crippen LogP contribution in [-0.4, -0.2) is 88.9 Å². The van der Waals surface area contributed by atoms with Crippen molar-refractivity contribution in [1.82, 2.24) is 26.2 Å². The Labute approximate surface area is 363 Å². The molecule has 4 aromatic carbocycles. The number of hydrogen-bond acceptors (Lipinski definition) is 8. The number of aliphatic carboxylic acids is 1. The number of thiophene rings is 1. The highest BCUT2D eigenvalue weighted by Gasteiger charge is 2.39. The Morgan fingerprint density at radius 2 is 1.32 bits per heavy atom. The van der Waals surface area contributed by atoms with Crippen LogP contribution in [0.4, 0.5) is 0 Å². The maximum absolute atomic E-state index is 14.6. The number of benzene rings is 4. The van der Waals surface area contributed by atoms with Gasteiger partial charge in [0.05, 0.1) is 0 Å². The molecule has 13 nitrogen and oxygen atoms in total. The Morgan fingerprint density at radius 1 is 0.677 bits per heavy atom. The van der Waals surface area contributed by atoms with E-state index in [4.69, 9.17) is 4.74 Å². The minimum absolute atomic E-state index is 0.00951. The van der Waals surface area contributed by atoms with Crippen molar-refractivity contribution >= 4 is 46.8 Å². The van der Waals surface area contributed by atoms with E-state index < -0.39 is 72.3 Å². The van der Waals surface area contributed by atoms with Gasteiger partial charge in [-0.3, -0.25) is 24.0 Å². The van der Waals surface area contributed by atoms with Gasteiger partial charge in [0.2, 0.25) is 23.6 Å². The monoisotopic (exact) mass is 855 g/mol. The van der Waals surface area contributed by atoms with Crippen molar-refractivity contribution < 1.29 is 38.6 Å². The number of carboxylic acids is 1. The molecule has 5 aromatic rings. The minimum atomic E-state index is -1.20. The number of likely N-dealkylation sites (tertiary alicyclic amines) is 1. The van der Waals surface area contributed by atoms with Crippen molar-refractivity contribution in [1.29, 1.82) is 0 Å². The first kappa shape index (κ1) is 43.3. The van der Waals surface area contributed by atoms with Gasteiger partial charge in [-0.1, -0.05) is 103 Å². The minimum Gasteiger partial charge on any atom is -0.484 e. The number of nitrogens with zero attached hydrogens (tertiary/aromatic N) is 1. The Hall–Kier alpha value is -6.80. The third-order valence-corrected chi connectivity index (χ3v) is 12.0. The molecule has 1 saturated heterocycles. The van der Waals surface area contributed by atoms with E-state index in [-0.39, 0.29) is 38.6 Å². The molecule has 62 heavy (non-hydrogen) atoms. The zero-order chi connectivity index (χ0) is 43.4. The van der Waals surface area contributed by atoms with Crippen LogP contribution in [0.3, 0.4) is 0 Å². The number of carbonyl (C=O) groups excluding carboxylic acids is 5. The first-order valence-corrected chi connectivity index (χ1v) is 21.6. The van der Waals surface area contributed by atoms with E-state index in [0.29, 0.717) is 24.2 Å². The van der Waals surface area contributed by atoms with Crippen LogP contribution in [0.5, 0.6) is 5.75 Å². The molecule has 0 spiro atoms. The van der Waals surface area contributed by atoms with Gasteiger partial charge in [0, 0.05) is 30.7 Å². The molecular weight excluding hydrogens is 807 g/mol. The van der Waals surface area contributed by atoms with Gasteiger partial charge in [-0.15, -0.1) is 11.3 Å². The highest BCUT2D eigenvalue weighted by atomic mass is 32.1. The number of ether oxygens (including phenoxy) is 1. The van der Waals surface area contributed by atoms with Crippen molar-refractivity contribution in [3.63, 3.8) is 0 Å². The summed E-state index contributed by atoms with van der Waals surface area (Å²) in [6.07, 6.45) is 1.52. The summed E-state index contributed by atoms with van der Waals surface area (Å²) in [7, 11) is 0. The highest BCUT2D eigenvalue weighted by Crippen LogP contribution is 2.23. The smallest absolute Gasteiger partial charge is 0.326 e. The molecule has 5 N–H and O–H groups in total. The topological polar surface area (TPSA) is 183 Å². The number of aryl methyl sites for hydroxylation is 1. The van der Waals surface area contributed by atoms with Crippen LogP contribution in [0.15, 0.2) is 127 Å². The maximum atomic E-state index is 14.6. The average molecular weight is 856 g/mol. The lowest BCUT2D eigenvalue weighted by molar-refractivity contribution is -0.149. The van der Waals surface area contributed by atoms with Crippen LogP contribution >= 0.6 is 11.3 Å². The van der Waals surface area contributed by atoms with E-state index in [9.17, 15) is 33.9 Å². The number of carbonyl (C=O) groups is 6. The number of fused-ring (bicyclic) bond motifs is 16. The van der Waals surface area contributed by atoms with Crippen molar-refractivity contribution in [3.8, 4) is 16.9 Å². The SMILES string of the molecule is O=C1COc2ccc(cc2)CC(C(=O)N2CCCC2C(=O)O)NC(=O)C(CCc2ccccc2)NC(=O)C(Cc2ccc(-c3ccccc3)cc2)NC(=O)C(Cc2cccs2)N1. The Bertz CT molecular complexity index is 2320. The van der Waals surface area contributed by atoms with Gasteiger partial charge in [-0.25, -0.2) is 4.79 Å². The molecule has 5 atom stereocenters. The van der Waals surface area contributed by atoms with E-state index >= 15 is 0 Å². The predicted molar refractivity (Wildman–Crippen MR) is 234 cm³/mol. The number of amides is 5. The van der Waals surface area contributed by atoms with E-state index in [2.05, 4.69) is 21.3 Å². The second-order valence-corrected chi connectivity index (χ2v) is 16.6. The summed E-state index contributed by atoms with van der Waals surface area (Å²) in [5.41, 5.74) is 4.26. The molecule has 1 aromatic heterocycles. The molecule has 0 radical (unpaired) electrons. The Kier molecular flexibility index (Phi) is 14.4. The third kappa shape index (κ3) is 11.5. The normalized spacial score (nSPS) is 21.3. The van der Waals surface area contributed by atoms with Gasteiger partial charge in [0.25, 0.3) is 5.91 Å². The predicted octanol–water partition coefficient (Wildman–Crippen LogP) is 4.48. The van der Waals surface area contributed by atoms with Crippen molar-refractivity contribution in [3.05, 3.63) is 148 Å². The fraction of sp³-hybridized carbons (Fsp3) is 0.292. The molecule has 4 heterocycles. The van der Waals surface area contributed by atoms with E-state index in [1.807, 2.05) is 102 Å². The summed E-state index contributed by atoms with van der Waals surface area (Å²) in [5, 5.41) is 23.3. The van der Waals surface area contributed by atoms with Crippen molar-refractivity contribution in [2.75, 3.05) is 13.2 Å². The summed E-state index contributed by atoms with van der Waals surface area (Å²) in [4.78, 5) is 85.3. The summed E-state index contributed by atoms with van der Waals surface area (Å²) in [6, 6.07) is 31.6. The number of carboxylic acid groups (broad SMARTS) is 1. The zero-order valence-corrected chi connectivity index (χ0v) is 34.9. The molecule has 14 heteroatoms. The number of nitrogens with one attached hydrogen (secondary N) is 4. The van der Waals surface area contributed by atoms with Gasteiger partial charge in [-0.2, -0.15) is 0 Å². The molecule has 3 aliphatic heterocycles. The highest BCUT2D eigenvalue weighted by molar-refractivity contribution is 7.09. The molecule has 8 rings (SSSR count). The molecule has 5 unspecified atom stereocenters. The lowest BCUT2D eigenvalue weighted by Crippen LogP contribution is -2.59. The second-order valence-electron chi connectivity index (χ2n) is 15.5. The Balaban J connectivity index is 1.23. The van der Waals surface area contributed by atoms with Crippen LogP contribution in [0, 0.1) is 0 Å². The van der Waals surface area contributed by atoms with Gasteiger partial charge in [-0.05, 0) is 77.1 Å². The van der Waals surface area contributed by atoms with Crippen molar-refractivity contribution in [2.24, 2.45) is 0 Å². The first-order valence-electron chi connectivity index (χ1n) is 20.8. The molecule has 0 saturated carbocycles. The van der Waals surface area contributed by atoms with E-state index in [0.717, 1.165) is 27.1 Å². The van der Waals surface area contributed by atoms with Crippen LogP contribution < -0.4 is 26.0 Å². The van der Waals surface area contributed by atoms with Crippen LogP contribution in [0.2, 0.25) is 0 Å². The molecule has 3 aliphatic rings. The van der Waals surface area contributed by atoms with Crippen molar-refractivity contribution in [2.45, 2.75) is 75.2 Å². The summed E-state index contributed by atoms with van der Waals surface area (Å²) >= 11 is 1.43. The fourth-order valence-electron chi connectivity index (χ4n) is 7.82. The van der Waals surface area contributed by atoms with Crippen LogP contribution in [0.1, 0.15) is 40.8 Å². The summed E-state index contributed by atoms with van der Waals surface area (Å²) < 4.78 is 5.79. The first-order chi connectivity index (χ1) is 30.1. The quantitative estimate of drug-likeness (QED) is 0.128. The standard InChI is InChI=1S/C48H49N5O8S/c54-43-30-61-36-22-17-33(18-23-36)28-41(47(58)53-25-7-14-42(53)48(59)60)52-44(55)38(24-19-31-9-3-1-4-10-31)50-45(56)39(51-46(57)40(49-43)29-37-13-8-26-62-37)27-32-15-20-35(21-16-32)34-11-5-2-6-12-34/h1-6,8-13,15-18,20-23,26,38-42H,7,14,19,24-25,27-30H2,(H,49,54)(H,50,56)(H,51,57)(H,52,55)(H,59,60). The Morgan fingerprint density at radius 3 is 2.00 bits per heavy atom. The average Bonchev–Trinajstić information content (AvgIpc) is 4.01. The lowest BCUT2D eigenvalue weighted by atomic mass is 9.99. The summed E-state index contributed by atoms with van der Waals surface area (Å²) in [6.45, 7) is -0.191. The number of hydrogen-bond donors (Lipinski definition) is 5. The molecule has 5 amide bonds. The molecule has 0 aliphatic carbocycles. The van der Waals surface area contributed by atoms with Gasteiger partial charge < -0.3 is 36.0 Å². The third-order valence-electron chi connectivity index (χ3n) is 11.1. The van der Waals surface area contributed by atoms with Crippen LogP contribution in [-0.2, 0) is 54.5 Å². The zero-order valence-electron chi connectivity index (χ0n) is 34.0. The maximum Gasteiger partial charge on any atom is 0.326 e. The molecule has 320 valence electrons. The van der Waals surface area contributed by atoms with E-state index in [1.54, 1.807) is 24.3 Å². The largest absolute Gasteiger partial charge is 0.484 e. The van der Waals surface area contributed by atoms with E-state index in [1.165, 1.54) is 16.2 Å². The van der Waals surface area contributed by atoms with Gasteiger partial charge in [0.1, 0.15) is 36.0 Å². The molecule has 2 bridgehead atoms. The summed E-state index contributed by atoms with van der Waals surface area (Å²) in [5.74, 6) is -3.78. The van der Waals surface area contributed by atoms with Crippen LogP contribution in [0.25, 0.3) is 11.1 Å². The van der Waals surface area contributed by atoms with Gasteiger partial charge in [0.15, 0.2) is 6.61 Å². The second kappa shape index (κ2) is 20.6. The molecule has 1 fully saturated rings. The van der Waals surface area contributed by atoms with Gasteiger partial charge >= 0.3 is 5.97 Å².